The minimum absolute atomic E-state index is 0.0771. The van der Waals surface area contributed by atoms with E-state index in [1.165, 1.54) is 33.8 Å². The fourth-order valence-electron chi connectivity index (χ4n) is 8.87. The van der Waals surface area contributed by atoms with E-state index >= 15 is 0 Å². The normalized spacial score (nSPS) is 24.0. The molecular formula is C37H41N9O4. The second-order valence-corrected chi connectivity index (χ2v) is 14.2. The number of hydrogen-bond donors (Lipinski definition) is 4. The minimum atomic E-state index is -0.907. The van der Waals surface area contributed by atoms with Gasteiger partial charge in [-0.3, -0.25) is 9.80 Å². The Morgan fingerprint density at radius 2 is 1.18 bits per heavy atom. The third-order valence-corrected chi connectivity index (χ3v) is 11.3. The van der Waals surface area contributed by atoms with Crippen molar-refractivity contribution >= 4 is 45.8 Å². The Hall–Kier alpha value is -5.33. The number of aromatic amines is 2. The molecule has 4 saturated heterocycles. The lowest BCUT2D eigenvalue weighted by Crippen LogP contribution is -2.29. The van der Waals surface area contributed by atoms with Crippen LogP contribution in [-0.2, 0) is 0 Å². The molecule has 0 radical (unpaired) electrons. The van der Waals surface area contributed by atoms with Crippen LogP contribution in [0, 0.1) is 0 Å². The van der Waals surface area contributed by atoms with E-state index in [1.54, 1.807) is 0 Å². The Morgan fingerprint density at radius 1 is 0.640 bits per heavy atom. The van der Waals surface area contributed by atoms with Crippen LogP contribution >= 0.6 is 0 Å². The van der Waals surface area contributed by atoms with Gasteiger partial charge in [0, 0.05) is 26.2 Å². The summed E-state index contributed by atoms with van der Waals surface area (Å²) in [5.41, 5.74) is 6.89. The maximum absolute atomic E-state index is 11.9. The van der Waals surface area contributed by atoms with E-state index < -0.39 is 12.2 Å². The molecule has 4 N–H and O–H groups in total. The first-order valence-corrected chi connectivity index (χ1v) is 17.9. The summed E-state index contributed by atoms with van der Waals surface area (Å²) in [7, 11) is 0. The summed E-state index contributed by atoms with van der Waals surface area (Å²) < 4.78 is 0. The second-order valence-electron chi connectivity index (χ2n) is 14.2. The number of pyridine rings is 1. The van der Waals surface area contributed by atoms with Gasteiger partial charge in [0.2, 0.25) is 0 Å². The molecule has 13 nitrogen and oxygen atoms in total. The molecule has 13 heteroatoms. The van der Waals surface area contributed by atoms with Gasteiger partial charge in [0.25, 0.3) is 0 Å². The van der Waals surface area contributed by atoms with Crippen LogP contribution in [-0.4, -0.2) is 83.3 Å². The van der Waals surface area contributed by atoms with E-state index in [9.17, 15) is 19.8 Å². The molecule has 0 aliphatic carbocycles. The van der Waals surface area contributed by atoms with Gasteiger partial charge in [0.15, 0.2) is 0 Å². The van der Waals surface area contributed by atoms with Gasteiger partial charge in [0.05, 0.1) is 58.1 Å². The van der Waals surface area contributed by atoms with Gasteiger partial charge in [-0.05, 0) is 98.9 Å². The molecule has 3 aromatic heterocycles. The molecule has 0 saturated carbocycles. The molecule has 4 fully saturated rings. The van der Waals surface area contributed by atoms with Crippen LogP contribution in [0.5, 0.6) is 0 Å². The molecule has 7 heterocycles. The van der Waals surface area contributed by atoms with Crippen molar-refractivity contribution in [3.05, 3.63) is 77.5 Å². The number of amides is 2. The van der Waals surface area contributed by atoms with Gasteiger partial charge >= 0.3 is 12.2 Å². The zero-order chi connectivity index (χ0) is 33.9. The third kappa shape index (κ3) is 5.26. The number of likely N-dealkylation sites (tertiary alicyclic amines) is 2. The zero-order valence-corrected chi connectivity index (χ0v) is 27.8. The zero-order valence-electron chi connectivity index (χ0n) is 27.8. The summed E-state index contributed by atoms with van der Waals surface area (Å²) in [6.07, 6.45) is 7.64. The topological polar surface area (TPSA) is 158 Å². The molecule has 9 rings (SSSR count). The molecule has 4 aliphatic rings. The smallest absolute Gasteiger partial charge is 0.407 e. The predicted molar refractivity (Wildman–Crippen MR) is 188 cm³/mol. The Balaban J connectivity index is 1.06. The van der Waals surface area contributed by atoms with Crippen LogP contribution in [0.3, 0.4) is 0 Å². The van der Waals surface area contributed by atoms with Crippen LogP contribution in [0.2, 0.25) is 0 Å². The highest BCUT2D eigenvalue weighted by Crippen LogP contribution is 2.48. The quantitative estimate of drug-likeness (QED) is 0.147. The number of nitrogens with zero attached hydrogens (tertiary/aromatic N) is 7. The lowest BCUT2D eigenvalue weighted by atomic mass is 10.0. The Labute approximate surface area is 288 Å². The number of H-pyrrole nitrogens is 2. The van der Waals surface area contributed by atoms with Crippen molar-refractivity contribution in [1.29, 1.82) is 0 Å². The standard InChI is InChI=1S/C37H41N9O4/c47-36(48)44-17-3-5-31(44)34-39-25-10-7-22(19-27(25)41-34)29-12-13-30(46(29)24-9-14-33(38-21-24)43-15-1-2-16-43)23-8-11-26-28(20-23)42-35(40-26)32-6-4-18-45(32)37(49)50/h7-11,14,19-21,29-32H,1-6,12-13,15-18H2,(H,39,41)(H,40,42)(H,47,48)(H,49,50)/t29-,30-,31?,32?/m1/s1. The number of benzene rings is 2. The molecular weight excluding hydrogens is 634 g/mol. The van der Waals surface area contributed by atoms with Crippen molar-refractivity contribution < 1.29 is 19.8 Å². The number of anilines is 2. The first-order chi connectivity index (χ1) is 24.4. The van der Waals surface area contributed by atoms with Crippen molar-refractivity contribution in [2.75, 3.05) is 36.0 Å². The summed E-state index contributed by atoms with van der Waals surface area (Å²) in [5, 5.41) is 19.4. The number of nitrogens with one attached hydrogen (secondary N) is 2. The van der Waals surface area contributed by atoms with Crippen LogP contribution in [0.25, 0.3) is 22.1 Å². The Morgan fingerprint density at radius 3 is 1.66 bits per heavy atom. The van der Waals surface area contributed by atoms with Crippen molar-refractivity contribution in [3.63, 3.8) is 0 Å². The van der Waals surface area contributed by atoms with Gasteiger partial charge in [-0.25, -0.2) is 24.5 Å². The molecule has 5 aromatic rings. The molecule has 4 aliphatic heterocycles. The molecule has 2 aromatic carbocycles. The number of rotatable bonds is 6. The average molecular weight is 676 g/mol. The van der Waals surface area contributed by atoms with Crippen molar-refractivity contribution in [2.24, 2.45) is 0 Å². The number of fused-ring (bicyclic) bond motifs is 2. The monoisotopic (exact) mass is 675 g/mol. The molecule has 50 heavy (non-hydrogen) atoms. The third-order valence-electron chi connectivity index (χ3n) is 11.3. The summed E-state index contributed by atoms with van der Waals surface area (Å²) in [4.78, 5) is 53.1. The maximum Gasteiger partial charge on any atom is 0.407 e. The lowest BCUT2D eigenvalue weighted by Gasteiger charge is -2.33. The van der Waals surface area contributed by atoms with Gasteiger partial charge in [-0.1, -0.05) is 12.1 Å². The number of hydrogen-bond acceptors (Lipinski definition) is 7. The highest BCUT2D eigenvalue weighted by molar-refractivity contribution is 5.78. The predicted octanol–water partition coefficient (Wildman–Crippen LogP) is 7.15. The lowest BCUT2D eigenvalue weighted by molar-refractivity contribution is 0.138. The van der Waals surface area contributed by atoms with Crippen LogP contribution in [0.4, 0.5) is 21.1 Å². The SMILES string of the molecule is O=C(O)N1CCCC1c1nc2ccc([C@H]3CC[C@H](c4ccc5nc(C6CCCN6C(=O)O)[nH]c5c4)N3c3ccc(N4CCCC4)nc3)cc2[nH]1. The molecule has 0 bridgehead atoms. The number of imidazole rings is 2. The van der Waals surface area contributed by atoms with Crippen molar-refractivity contribution in [1.82, 2.24) is 34.7 Å². The van der Waals surface area contributed by atoms with Crippen molar-refractivity contribution in [3.8, 4) is 0 Å². The Kier molecular flexibility index (Phi) is 7.50. The van der Waals surface area contributed by atoms with E-state index in [-0.39, 0.29) is 24.2 Å². The van der Waals surface area contributed by atoms with Crippen molar-refractivity contribution in [2.45, 2.75) is 75.5 Å². The molecule has 0 spiro atoms. The summed E-state index contributed by atoms with van der Waals surface area (Å²) in [6, 6.07) is 16.8. The second kappa shape index (κ2) is 12.2. The molecule has 4 atom stereocenters. The van der Waals surface area contributed by atoms with E-state index in [0.29, 0.717) is 24.7 Å². The Bertz CT molecular complexity index is 1950. The van der Waals surface area contributed by atoms with Crippen LogP contribution in [0.1, 0.15) is 98.3 Å². The van der Waals surface area contributed by atoms with Gasteiger partial charge < -0.3 is 30.0 Å². The largest absolute Gasteiger partial charge is 0.465 e. The summed E-state index contributed by atoms with van der Waals surface area (Å²) in [5.74, 6) is 2.42. The van der Waals surface area contributed by atoms with E-state index in [4.69, 9.17) is 15.0 Å². The number of carboxylic acid groups (broad SMARTS) is 2. The summed E-state index contributed by atoms with van der Waals surface area (Å²) in [6.45, 7) is 3.13. The summed E-state index contributed by atoms with van der Waals surface area (Å²) >= 11 is 0. The fourth-order valence-corrected chi connectivity index (χ4v) is 8.87. The van der Waals surface area contributed by atoms with E-state index in [0.717, 1.165) is 85.2 Å². The van der Waals surface area contributed by atoms with Gasteiger partial charge in [-0.15, -0.1) is 0 Å². The van der Waals surface area contributed by atoms with Crippen LogP contribution < -0.4 is 9.80 Å². The van der Waals surface area contributed by atoms with Crippen LogP contribution in [0.15, 0.2) is 54.7 Å². The molecule has 2 unspecified atom stereocenters. The average Bonchev–Trinajstić information content (AvgIpc) is 3.97. The van der Waals surface area contributed by atoms with E-state index in [1.807, 2.05) is 18.3 Å². The number of aromatic nitrogens is 5. The highest BCUT2D eigenvalue weighted by atomic mass is 16.4. The highest BCUT2D eigenvalue weighted by Gasteiger charge is 2.38. The molecule has 2 amide bonds. The molecule has 258 valence electrons. The van der Waals surface area contributed by atoms with E-state index in [2.05, 4.69) is 56.2 Å². The van der Waals surface area contributed by atoms with Gasteiger partial charge in [0.1, 0.15) is 17.5 Å². The van der Waals surface area contributed by atoms with Gasteiger partial charge in [-0.2, -0.15) is 0 Å². The first-order valence-electron chi connectivity index (χ1n) is 17.9. The fraction of sp³-hybridized carbons (Fsp3) is 0.432. The number of carbonyl (C=O) groups is 2. The minimum Gasteiger partial charge on any atom is -0.465 e. The maximum atomic E-state index is 11.9. The first kappa shape index (κ1) is 30.7.